The third kappa shape index (κ3) is 4.22. The predicted molar refractivity (Wildman–Crippen MR) is 67.7 cm³/mol. The molecule has 0 aliphatic heterocycles. The van der Waals surface area contributed by atoms with Crippen LogP contribution in [0.15, 0.2) is 22.7 Å². The summed E-state index contributed by atoms with van der Waals surface area (Å²) in [5, 5.41) is 0. The van der Waals surface area contributed by atoms with Crippen molar-refractivity contribution in [1.82, 2.24) is 0 Å². The average Bonchev–Trinajstić information content (AvgIpc) is 2.21. The quantitative estimate of drug-likeness (QED) is 0.632. The van der Waals surface area contributed by atoms with Gasteiger partial charge in [-0.1, -0.05) is 41.8 Å². The summed E-state index contributed by atoms with van der Waals surface area (Å²) in [5.74, 6) is 0. The van der Waals surface area contributed by atoms with Crippen LogP contribution in [0.25, 0.3) is 0 Å². The standard InChI is InChI=1S/C12H18BrNO/c1-2-3-4-8-15-9-10-11(13)6-5-7-12(10)14/h5-7H,2-4,8-9,14H2,1H3. The zero-order valence-corrected chi connectivity index (χ0v) is 10.7. The van der Waals surface area contributed by atoms with Gasteiger partial charge < -0.3 is 10.5 Å². The first-order valence-electron chi connectivity index (χ1n) is 5.36. The SMILES string of the molecule is CCCCCOCc1c(N)cccc1Br. The zero-order valence-electron chi connectivity index (χ0n) is 9.13. The minimum atomic E-state index is 0.594. The highest BCUT2D eigenvalue weighted by atomic mass is 79.9. The van der Waals surface area contributed by atoms with E-state index in [1.807, 2.05) is 18.2 Å². The van der Waals surface area contributed by atoms with E-state index in [0.29, 0.717) is 6.61 Å². The number of nitrogen functional groups attached to an aromatic ring is 1. The van der Waals surface area contributed by atoms with Crippen molar-refractivity contribution in [3.63, 3.8) is 0 Å². The third-order valence-electron chi connectivity index (χ3n) is 2.29. The van der Waals surface area contributed by atoms with Crippen molar-refractivity contribution in [2.45, 2.75) is 32.8 Å². The second-order valence-electron chi connectivity index (χ2n) is 3.57. The van der Waals surface area contributed by atoms with Gasteiger partial charge in [0.1, 0.15) is 0 Å². The number of hydrogen-bond donors (Lipinski definition) is 1. The number of ether oxygens (including phenoxy) is 1. The Kier molecular flexibility index (Phi) is 5.73. The number of anilines is 1. The van der Waals surface area contributed by atoms with Gasteiger partial charge >= 0.3 is 0 Å². The van der Waals surface area contributed by atoms with Crippen molar-refractivity contribution < 1.29 is 4.74 Å². The van der Waals surface area contributed by atoms with Crippen molar-refractivity contribution in [3.05, 3.63) is 28.2 Å². The van der Waals surface area contributed by atoms with E-state index in [1.54, 1.807) is 0 Å². The summed E-state index contributed by atoms with van der Waals surface area (Å²) in [5.41, 5.74) is 7.69. The van der Waals surface area contributed by atoms with Crippen LogP contribution < -0.4 is 5.73 Å². The summed E-state index contributed by atoms with van der Waals surface area (Å²) >= 11 is 3.47. The number of halogens is 1. The molecule has 0 atom stereocenters. The molecule has 2 N–H and O–H groups in total. The Balaban J connectivity index is 2.37. The largest absolute Gasteiger partial charge is 0.398 e. The summed E-state index contributed by atoms with van der Waals surface area (Å²) in [6.07, 6.45) is 3.58. The van der Waals surface area contributed by atoms with Gasteiger partial charge in [0.2, 0.25) is 0 Å². The lowest BCUT2D eigenvalue weighted by molar-refractivity contribution is 0.117. The van der Waals surface area contributed by atoms with E-state index in [2.05, 4.69) is 22.9 Å². The highest BCUT2D eigenvalue weighted by Gasteiger charge is 2.03. The molecule has 0 aromatic heterocycles. The van der Waals surface area contributed by atoms with E-state index in [1.165, 1.54) is 12.8 Å². The fraction of sp³-hybridized carbons (Fsp3) is 0.500. The number of unbranched alkanes of at least 4 members (excludes halogenated alkanes) is 2. The fourth-order valence-electron chi connectivity index (χ4n) is 1.36. The first kappa shape index (κ1) is 12.5. The smallest absolute Gasteiger partial charge is 0.0748 e. The lowest BCUT2D eigenvalue weighted by Gasteiger charge is -2.08. The summed E-state index contributed by atoms with van der Waals surface area (Å²) in [4.78, 5) is 0. The molecule has 0 aliphatic rings. The van der Waals surface area contributed by atoms with Crippen LogP contribution in [0.1, 0.15) is 31.7 Å². The molecule has 0 bridgehead atoms. The molecule has 1 rings (SSSR count). The zero-order chi connectivity index (χ0) is 11.1. The summed E-state index contributed by atoms with van der Waals surface area (Å²) in [6.45, 7) is 3.59. The van der Waals surface area contributed by atoms with Gasteiger partial charge in [-0.15, -0.1) is 0 Å². The predicted octanol–water partition coefficient (Wildman–Crippen LogP) is 3.74. The molecule has 0 aliphatic carbocycles. The maximum absolute atomic E-state index is 5.85. The molecule has 1 aromatic carbocycles. The maximum Gasteiger partial charge on any atom is 0.0748 e. The Hall–Kier alpha value is -0.540. The van der Waals surface area contributed by atoms with Crippen molar-refractivity contribution in [2.75, 3.05) is 12.3 Å². The normalized spacial score (nSPS) is 10.5. The molecule has 2 nitrogen and oxygen atoms in total. The Morgan fingerprint density at radius 3 is 2.80 bits per heavy atom. The highest BCUT2D eigenvalue weighted by molar-refractivity contribution is 9.10. The fourth-order valence-corrected chi connectivity index (χ4v) is 1.85. The second-order valence-corrected chi connectivity index (χ2v) is 4.42. The van der Waals surface area contributed by atoms with Gasteiger partial charge in [-0.2, -0.15) is 0 Å². The monoisotopic (exact) mass is 271 g/mol. The number of rotatable bonds is 6. The molecule has 0 saturated carbocycles. The van der Waals surface area contributed by atoms with Crippen LogP contribution >= 0.6 is 15.9 Å². The number of hydrogen-bond acceptors (Lipinski definition) is 2. The Labute approximate surface area is 99.9 Å². The molecule has 0 radical (unpaired) electrons. The summed E-state index contributed by atoms with van der Waals surface area (Å²) in [7, 11) is 0. The maximum atomic E-state index is 5.85. The lowest BCUT2D eigenvalue weighted by Crippen LogP contribution is -2.00. The van der Waals surface area contributed by atoms with Gasteiger partial charge in [0.15, 0.2) is 0 Å². The van der Waals surface area contributed by atoms with Crippen LogP contribution in [-0.4, -0.2) is 6.61 Å². The van der Waals surface area contributed by atoms with Crippen LogP contribution in [0, 0.1) is 0 Å². The molecule has 15 heavy (non-hydrogen) atoms. The molecule has 84 valence electrons. The molecule has 3 heteroatoms. The topological polar surface area (TPSA) is 35.2 Å². The van der Waals surface area contributed by atoms with E-state index < -0.39 is 0 Å². The minimum Gasteiger partial charge on any atom is -0.398 e. The van der Waals surface area contributed by atoms with Crippen molar-refractivity contribution >= 4 is 21.6 Å². The van der Waals surface area contributed by atoms with E-state index in [9.17, 15) is 0 Å². The molecule has 0 fully saturated rings. The Bertz CT molecular complexity index is 281. The van der Waals surface area contributed by atoms with Gasteiger partial charge in [0.05, 0.1) is 6.61 Å². The van der Waals surface area contributed by atoms with Crippen LogP contribution in [0.5, 0.6) is 0 Å². The second kappa shape index (κ2) is 6.85. The van der Waals surface area contributed by atoms with E-state index in [0.717, 1.165) is 28.8 Å². The molecule has 1 aromatic rings. The van der Waals surface area contributed by atoms with Crippen LogP contribution in [0.4, 0.5) is 5.69 Å². The van der Waals surface area contributed by atoms with Gasteiger partial charge in [-0.3, -0.25) is 0 Å². The van der Waals surface area contributed by atoms with Gasteiger partial charge in [0, 0.05) is 22.3 Å². The van der Waals surface area contributed by atoms with Crippen LogP contribution in [0.2, 0.25) is 0 Å². The number of benzene rings is 1. The average molecular weight is 272 g/mol. The third-order valence-corrected chi connectivity index (χ3v) is 3.04. The van der Waals surface area contributed by atoms with Crippen molar-refractivity contribution in [3.8, 4) is 0 Å². The van der Waals surface area contributed by atoms with Crippen LogP contribution in [-0.2, 0) is 11.3 Å². The van der Waals surface area contributed by atoms with E-state index in [-0.39, 0.29) is 0 Å². The van der Waals surface area contributed by atoms with E-state index in [4.69, 9.17) is 10.5 Å². The Morgan fingerprint density at radius 1 is 1.33 bits per heavy atom. The minimum absolute atomic E-state index is 0.594. The van der Waals surface area contributed by atoms with Crippen molar-refractivity contribution in [1.29, 1.82) is 0 Å². The molecule has 0 spiro atoms. The lowest BCUT2D eigenvalue weighted by atomic mass is 10.2. The molecule has 0 unspecified atom stereocenters. The van der Waals surface area contributed by atoms with E-state index >= 15 is 0 Å². The molecular formula is C12H18BrNO. The number of nitrogens with two attached hydrogens (primary N) is 1. The summed E-state index contributed by atoms with van der Waals surface area (Å²) in [6, 6.07) is 5.82. The summed E-state index contributed by atoms with van der Waals surface area (Å²) < 4.78 is 6.60. The van der Waals surface area contributed by atoms with Gasteiger partial charge in [0.25, 0.3) is 0 Å². The molecule has 0 saturated heterocycles. The van der Waals surface area contributed by atoms with Gasteiger partial charge in [-0.05, 0) is 18.6 Å². The Morgan fingerprint density at radius 2 is 2.13 bits per heavy atom. The highest BCUT2D eigenvalue weighted by Crippen LogP contribution is 2.23. The van der Waals surface area contributed by atoms with Crippen LogP contribution in [0.3, 0.4) is 0 Å². The first-order chi connectivity index (χ1) is 7.25. The molecular weight excluding hydrogens is 254 g/mol. The van der Waals surface area contributed by atoms with Gasteiger partial charge in [-0.25, -0.2) is 0 Å². The molecule has 0 heterocycles. The first-order valence-corrected chi connectivity index (χ1v) is 6.15. The molecule has 0 amide bonds. The van der Waals surface area contributed by atoms with Crippen molar-refractivity contribution in [2.24, 2.45) is 0 Å².